The number of carboxylic acid groups (broad SMARTS) is 1. The molecule has 23 heavy (non-hydrogen) atoms. The number of nitrogens with zero attached hydrogens (tertiary/aromatic N) is 3. The van der Waals surface area contributed by atoms with E-state index >= 15 is 0 Å². The number of carbonyl (C=O) groups is 2. The van der Waals surface area contributed by atoms with Gasteiger partial charge in [0.25, 0.3) is 5.56 Å². The molecule has 2 aliphatic heterocycles. The molecule has 2 atom stereocenters. The number of pyridine rings is 1. The summed E-state index contributed by atoms with van der Waals surface area (Å²) >= 11 is -2.13. The third-order valence-electron chi connectivity index (χ3n) is 3.70. The van der Waals surface area contributed by atoms with Gasteiger partial charge in [0, 0.05) is 6.07 Å². The lowest BCUT2D eigenvalue weighted by molar-refractivity contribution is -0.117. The second-order valence-corrected chi connectivity index (χ2v) is 5.97. The molecule has 0 spiro atoms. The molecule has 1 unspecified atom stereocenters. The first-order valence-corrected chi connectivity index (χ1v) is 7.89. The minimum atomic E-state index is -2.13. The SMILES string of the molecule is O=C(O)N1CC(=O)N2C[C@@H](COCS(=O)O)n3c2c1ccc3=O. The fourth-order valence-corrected chi connectivity index (χ4v) is 3.06. The number of hydrogen-bond donors (Lipinski definition) is 2. The largest absolute Gasteiger partial charge is 0.465 e. The maximum absolute atomic E-state index is 12.2. The van der Waals surface area contributed by atoms with Crippen LogP contribution in [0.2, 0.25) is 0 Å². The first kappa shape index (κ1) is 15.6. The Labute approximate surface area is 132 Å². The lowest BCUT2D eigenvalue weighted by Gasteiger charge is -2.31. The highest BCUT2D eigenvalue weighted by Crippen LogP contribution is 2.39. The molecule has 0 radical (unpaired) electrons. The monoisotopic (exact) mass is 343 g/mol. The smallest absolute Gasteiger partial charge is 0.412 e. The average molecular weight is 343 g/mol. The van der Waals surface area contributed by atoms with Gasteiger partial charge in [-0.1, -0.05) is 0 Å². The van der Waals surface area contributed by atoms with Crippen molar-refractivity contribution in [1.29, 1.82) is 0 Å². The van der Waals surface area contributed by atoms with Gasteiger partial charge in [0.1, 0.15) is 18.3 Å². The summed E-state index contributed by atoms with van der Waals surface area (Å²) in [7, 11) is 0. The second kappa shape index (κ2) is 5.76. The van der Waals surface area contributed by atoms with E-state index in [0.717, 1.165) is 4.90 Å². The number of hydrogen-bond acceptors (Lipinski definition) is 5. The van der Waals surface area contributed by atoms with Crippen molar-refractivity contribution in [3.8, 4) is 0 Å². The lowest BCUT2D eigenvalue weighted by atomic mass is 10.2. The molecule has 0 aromatic carbocycles. The van der Waals surface area contributed by atoms with Crippen LogP contribution in [0.4, 0.5) is 16.3 Å². The fourth-order valence-electron chi connectivity index (χ4n) is 2.82. The third kappa shape index (κ3) is 2.62. The summed E-state index contributed by atoms with van der Waals surface area (Å²) in [5.74, 6) is -0.627. The maximum atomic E-state index is 12.2. The van der Waals surface area contributed by atoms with Crippen LogP contribution in [0, 0.1) is 0 Å². The molecular weight excluding hydrogens is 330 g/mol. The van der Waals surface area contributed by atoms with E-state index in [9.17, 15) is 23.7 Å². The highest BCUT2D eigenvalue weighted by molar-refractivity contribution is 7.79. The van der Waals surface area contributed by atoms with Gasteiger partial charge in [-0.3, -0.25) is 24.0 Å². The van der Waals surface area contributed by atoms with E-state index in [1.54, 1.807) is 0 Å². The van der Waals surface area contributed by atoms with Crippen molar-refractivity contribution in [1.82, 2.24) is 4.57 Å². The zero-order chi connectivity index (χ0) is 16.7. The summed E-state index contributed by atoms with van der Waals surface area (Å²) in [6, 6.07) is 2.05. The molecule has 2 aliphatic rings. The molecule has 0 aliphatic carbocycles. The van der Waals surface area contributed by atoms with Gasteiger partial charge >= 0.3 is 6.09 Å². The summed E-state index contributed by atoms with van der Waals surface area (Å²) in [6.07, 6.45) is -1.28. The van der Waals surface area contributed by atoms with Crippen LogP contribution >= 0.6 is 0 Å². The molecule has 0 bridgehead atoms. The predicted octanol–water partition coefficient (Wildman–Crippen LogP) is -0.570. The Bertz CT molecular complexity index is 762. The number of carbonyl (C=O) groups excluding carboxylic acids is 1. The van der Waals surface area contributed by atoms with E-state index in [0.29, 0.717) is 0 Å². The van der Waals surface area contributed by atoms with Gasteiger partial charge in [-0.25, -0.2) is 9.00 Å². The van der Waals surface area contributed by atoms with Crippen molar-refractivity contribution in [2.24, 2.45) is 0 Å². The molecule has 0 saturated carbocycles. The van der Waals surface area contributed by atoms with Crippen molar-refractivity contribution < 1.29 is 28.2 Å². The number of rotatable bonds is 4. The van der Waals surface area contributed by atoms with Crippen molar-refractivity contribution in [2.45, 2.75) is 6.04 Å². The molecule has 3 heterocycles. The van der Waals surface area contributed by atoms with Gasteiger partial charge in [0.15, 0.2) is 11.1 Å². The van der Waals surface area contributed by atoms with Gasteiger partial charge in [-0.2, -0.15) is 0 Å². The van der Waals surface area contributed by atoms with Crippen LogP contribution in [0.5, 0.6) is 0 Å². The molecule has 124 valence electrons. The van der Waals surface area contributed by atoms with E-state index < -0.39 is 40.6 Å². The van der Waals surface area contributed by atoms with E-state index in [1.807, 2.05) is 0 Å². The number of ether oxygens (including phenoxy) is 1. The van der Waals surface area contributed by atoms with Gasteiger partial charge < -0.3 is 14.4 Å². The Morgan fingerprint density at radius 1 is 1.39 bits per heavy atom. The molecule has 0 fully saturated rings. The first-order chi connectivity index (χ1) is 10.9. The summed E-state index contributed by atoms with van der Waals surface area (Å²) in [6.45, 7) is -0.217. The van der Waals surface area contributed by atoms with Crippen molar-refractivity contribution in [2.75, 3.05) is 35.4 Å². The van der Waals surface area contributed by atoms with E-state index in [4.69, 9.17) is 9.29 Å². The minimum Gasteiger partial charge on any atom is -0.465 e. The minimum absolute atomic E-state index is 0.0422. The lowest BCUT2D eigenvalue weighted by Crippen LogP contribution is -2.47. The zero-order valence-electron chi connectivity index (χ0n) is 11.7. The molecule has 1 aromatic heterocycles. The van der Waals surface area contributed by atoms with Crippen molar-refractivity contribution in [3.05, 3.63) is 22.5 Å². The van der Waals surface area contributed by atoms with Crippen LogP contribution < -0.4 is 15.4 Å². The van der Waals surface area contributed by atoms with Gasteiger partial charge in [-0.05, 0) is 6.07 Å². The summed E-state index contributed by atoms with van der Waals surface area (Å²) in [5.41, 5.74) is -0.144. The van der Waals surface area contributed by atoms with E-state index in [-0.39, 0.29) is 31.2 Å². The Morgan fingerprint density at radius 3 is 2.78 bits per heavy atom. The van der Waals surface area contributed by atoms with Crippen LogP contribution in [0.25, 0.3) is 0 Å². The number of aromatic nitrogens is 1. The quantitative estimate of drug-likeness (QED) is 0.700. The third-order valence-corrected chi connectivity index (χ3v) is 4.07. The molecule has 1 aromatic rings. The Morgan fingerprint density at radius 2 is 2.13 bits per heavy atom. The first-order valence-electron chi connectivity index (χ1n) is 6.61. The van der Waals surface area contributed by atoms with Gasteiger partial charge in [-0.15, -0.1) is 0 Å². The molecular formula is C12H13N3O7S. The topological polar surface area (TPSA) is 129 Å². The highest BCUT2D eigenvalue weighted by atomic mass is 32.2. The zero-order valence-corrected chi connectivity index (χ0v) is 12.6. The summed E-state index contributed by atoms with van der Waals surface area (Å²) < 4.78 is 25.7. The molecule has 3 rings (SSSR count). The summed E-state index contributed by atoms with van der Waals surface area (Å²) in [5, 5.41) is 9.22. The van der Waals surface area contributed by atoms with Crippen LogP contribution in [0.3, 0.4) is 0 Å². The van der Waals surface area contributed by atoms with Crippen LogP contribution in [-0.4, -0.2) is 56.1 Å². The number of anilines is 2. The van der Waals surface area contributed by atoms with Crippen molar-refractivity contribution >= 4 is 34.6 Å². The number of amides is 2. The summed E-state index contributed by atoms with van der Waals surface area (Å²) in [4.78, 5) is 37.8. The van der Waals surface area contributed by atoms with E-state index in [2.05, 4.69) is 0 Å². The van der Waals surface area contributed by atoms with Gasteiger partial charge in [0.2, 0.25) is 5.91 Å². The molecule has 10 nitrogen and oxygen atoms in total. The standard InChI is InChI=1S/C12H13N3O7S/c16-9-2-1-8-11-14(10(17)4-13(8)12(18)19)3-7(15(9)11)5-22-6-23(20)21/h1-2,7H,3-6H2,(H,18,19)(H,20,21)/t7-/m0/s1. The predicted molar refractivity (Wildman–Crippen MR) is 79.1 cm³/mol. The normalized spacial score (nSPS) is 20.6. The maximum Gasteiger partial charge on any atom is 0.412 e. The second-order valence-electron chi connectivity index (χ2n) is 5.09. The van der Waals surface area contributed by atoms with Crippen LogP contribution in [0.15, 0.2) is 16.9 Å². The average Bonchev–Trinajstić information content (AvgIpc) is 2.86. The Hall–Kier alpha value is -2.24. The molecule has 0 saturated heterocycles. The van der Waals surface area contributed by atoms with E-state index in [1.165, 1.54) is 21.6 Å². The van der Waals surface area contributed by atoms with Crippen molar-refractivity contribution in [3.63, 3.8) is 0 Å². The highest BCUT2D eigenvalue weighted by Gasteiger charge is 2.41. The van der Waals surface area contributed by atoms with Crippen LogP contribution in [-0.2, 0) is 20.6 Å². The van der Waals surface area contributed by atoms with Crippen LogP contribution in [0.1, 0.15) is 6.04 Å². The fraction of sp³-hybridized carbons (Fsp3) is 0.417. The molecule has 2 N–H and O–H groups in total. The van der Waals surface area contributed by atoms with Gasteiger partial charge in [0.05, 0.1) is 24.9 Å². The Kier molecular flexibility index (Phi) is 3.92. The Balaban J connectivity index is 2.00. The molecule has 2 amide bonds. The molecule has 11 heteroatoms.